The van der Waals surface area contributed by atoms with Crippen molar-refractivity contribution >= 4 is 11.9 Å². The second-order valence-electron chi connectivity index (χ2n) is 7.52. The quantitative estimate of drug-likeness (QED) is 0.397. The molecule has 0 aliphatic rings. The second-order valence-corrected chi connectivity index (χ2v) is 7.52. The molecule has 0 radical (unpaired) electrons. The maximum atomic E-state index is 12.8. The summed E-state index contributed by atoms with van der Waals surface area (Å²) in [5.41, 5.74) is 1.28. The maximum Gasteiger partial charge on any atom is 0.416 e. The van der Waals surface area contributed by atoms with E-state index in [-0.39, 0.29) is 17.8 Å². The average Bonchev–Trinajstić information content (AvgIpc) is 2.82. The van der Waals surface area contributed by atoms with Gasteiger partial charge in [0.1, 0.15) is 11.4 Å². The Bertz CT molecular complexity index is 1140. The number of pyridine rings is 1. The summed E-state index contributed by atoms with van der Waals surface area (Å²) >= 11 is 0. The fourth-order valence-electron chi connectivity index (χ4n) is 3.14. The smallest absolute Gasteiger partial charge is 0.416 e. The van der Waals surface area contributed by atoms with E-state index in [9.17, 15) is 22.8 Å². The highest BCUT2D eigenvalue weighted by Gasteiger charge is 2.30. The van der Waals surface area contributed by atoms with E-state index in [0.29, 0.717) is 23.5 Å². The summed E-state index contributed by atoms with van der Waals surface area (Å²) in [6, 6.07) is 12.4. The molecule has 0 bridgehead atoms. The molecule has 0 fully saturated rings. The minimum absolute atomic E-state index is 0.0766. The third-order valence-corrected chi connectivity index (χ3v) is 5.05. The summed E-state index contributed by atoms with van der Waals surface area (Å²) in [4.78, 5) is 27.5. The number of nitrogens with one attached hydrogen (secondary N) is 1. The largest absolute Gasteiger partial charge is 0.493 e. The molecule has 3 aromatic rings. The van der Waals surface area contributed by atoms with Crippen molar-refractivity contribution in [3.05, 3.63) is 83.2 Å². The fourth-order valence-corrected chi connectivity index (χ4v) is 3.14. The molecule has 1 amide bonds. The number of alkyl halides is 3. The van der Waals surface area contributed by atoms with Gasteiger partial charge in [-0.15, -0.1) is 0 Å². The molecular formula is C25H23F3N2O4. The van der Waals surface area contributed by atoms with Crippen LogP contribution in [0.3, 0.4) is 0 Å². The van der Waals surface area contributed by atoms with Crippen LogP contribution in [0.5, 0.6) is 5.75 Å². The molecule has 9 heteroatoms. The van der Waals surface area contributed by atoms with Crippen LogP contribution in [0.15, 0.2) is 60.8 Å². The van der Waals surface area contributed by atoms with E-state index in [4.69, 9.17) is 9.84 Å². The molecule has 2 N–H and O–H groups in total. The topological polar surface area (TPSA) is 88.5 Å². The summed E-state index contributed by atoms with van der Waals surface area (Å²) in [5.74, 6) is -1.08. The number of halogens is 3. The normalized spacial score (nSPS) is 11.2. The van der Waals surface area contributed by atoms with E-state index in [1.54, 1.807) is 24.3 Å². The molecule has 0 atom stereocenters. The van der Waals surface area contributed by atoms with Crippen LogP contribution in [0.1, 0.15) is 51.7 Å². The number of amides is 1. The fraction of sp³-hybridized carbons (Fsp3) is 0.240. The van der Waals surface area contributed by atoms with Crippen LogP contribution in [-0.2, 0) is 12.7 Å². The molecule has 1 aromatic heterocycles. The van der Waals surface area contributed by atoms with E-state index in [0.717, 1.165) is 42.7 Å². The van der Waals surface area contributed by atoms with Gasteiger partial charge in [0.25, 0.3) is 5.91 Å². The lowest BCUT2D eigenvalue weighted by molar-refractivity contribution is -0.137. The van der Waals surface area contributed by atoms with Crippen molar-refractivity contribution in [2.45, 2.75) is 32.5 Å². The van der Waals surface area contributed by atoms with Gasteiger partial charge in [0, 0.05) is 29.4 Å². The minimum atomic E-state index is -4.47. The number of unbranched alkanes of at least 4 members (excludes halogenated alkanes) is 1. The Morgan fingerprint density at radius 1 is 1.03 bits per heavy atom. The highest BCUT2D eigenvalue weighted by Crippen LogP contribution is 2.29. The SMILES string of the molecule is CCCCOc1ccc(-c2ccc(C(=O)O)nc2)cc1CNC(=O)c1ccc(C(F)(F)F)cc1. The van der Waals surface area contributed by atoms with Gasteiger partial charge in [0.2, 0.25) is 0 Å². The first kappa shape index (κ1) is 24.8. The molecule has 0 aliphatic carbocycles. The van der Waals surface area contributed by atoms with E-state index < -0.39 is 23.6 Å². The van der Waals surface area contributed by atoms with Gasteiger partial charge in [0.15, 0.2) is 0 Å². The lowest BCUT2D eigenvalue weighted by Gasteiger charge is -2.14. The molecular weight excluding hydrogens is 449 g/mol. The predicted molar refractivity (Wildman–Crippen MR) is 120 cm³/mol. The van der Waals surface area contributed by atoms with E-state index >= 15 is 0 Å². The summed E-state index contributed by atoms with van der Waals surface area (Å²) in [7, 11) is 0. The molecule has 3 rings (SSSR count). The zero-order valence-electron chi connectivity index (χ0n) is 18.4. The van der Waals surface area contributed by atoms with Gasteiger partial charge in [-0.25, -0.2) is 9.78 Å². The monoisotopic (exact) mass is 472 g/mol. The number of aromatic carboxylic acids is 1. The number of ether oxygens (including phenoxy) is 1. The van der Waals surface area contributed by atoms with Crippen molar-refractivity contribution in [3.63, 3.8) is 0 Å². The van der Waals surface area contributed by atoms with Gasteiger partial charge < -0.3 is 15.2 Å². The van der Waals surface area contributed by atoms with Crippen LogP contribution in [0.25, 0.3) is 11.1 Å². The lowest BCUT2D eigenvalue weighted by Crippen LogP contribution is -2.23. The Hall–Kier alpha value is -3.88. The highest BCUT2D eigenvalue weighted by molar-refractivity contribution is 5.94. The lowest BCUT2D eigenvalue weighted by atomic mass is 10.0. The highest BCUT2D eigenvalue weighted by atomic mass is 19.4. The molecule has 1 heterocycles. The molecule has 0 saturated carbocycles. The van der Waals surface area contributed by atoms with Gasteiger partial charge in [0.05, 0.1) is 12.2 Å². The summed E-state index contributed by atoms with van der Waals surface area (Å²) in [6.45, 7) is 2.60. The van der Waals surface area contributed by atoms with E-state index in [2.05, 4.69) is 10.3 Å². The molecule has 178 valence electrons. The Labute approximate surface area is 194 Å². The molecule has 34 heavy (non-hydrogen) atoms. The molecule has 2 aromatic carbocycles. The van der Waals surface area contributed by atoms with Crippen LogP contribution in [0.4, 0.5) is 13.2 Å². The van der Waals surface area contributed by atoms with Crippen LogP contribution in [0.2, 0.25) is 0 Å². The number of carboxylic acids is 1. The number of benzene rings is 2. The van der Waals surface area contributed by atoms with E-state index in [1.807, 2.05) is 6.92 Å². The number of aromatic nitrogens is 1. The molecule has 0 saturated heterocycles. The molecule has 0 spiro atoms. The third kappa shape index (κ3) is 6.34. The maximum absolute atomic E-state index is 12.8. The first-order chi connectivity index (χ1) is 16.2. The standard InChI is InChI=1S/C25H23F3N2O4/c1-2-3-12-34-22-11-7-17(18-6-10-21(24(32)33)29-14-18)13-19(22)15-30-23(31)16-4-8-20(9-5-16)25(26,27)28/h4-11,13-14H,2-3,12,15H2,1H3,(H,30,31)(H,32,33). The van der Waals surface area contributed by atoms with Crippen molar-refractivity contribution in [2.75, 3.05) is 6.61 Å². The number of carbonyl (C=O) groups is 2. The molecule has 0 aliphatic heterocycles. The average molecular weight is 472 g/mol. The zero-order chi connectivity index (χ0) is 24.7. The second kappa shape index (κ2) is 10.8. The number of carboxylic acid groups (broad SMARTS) is 1. The number of rotatable bonds is 9. The third-order valence-electron chi connectivity index (χ3n) is 5.05. The van der Waals surface area contributed by atoms with Crippen molar-refractivity contribution in [1.82, 2.24) is 10.3 Å². The predicted octanol–water partition coefficient (Wildman–Crippen LogP) is 5.57. The van der Waals surface area contributed by atoms with Crippen molar-refractivity contribution in [3.8, 4) is 16.9 Å². The Kier molecular flexibility index (Phi) is 7.88. The van der Waals surface area contributed by atoms with Gasteiger partial charge >= 0.3 is 12.1 Å². The van der Waals surface area contributed by atoms with Gasteiger partial charge in [-0.05, 0) is 54.4 Å². The zero-order valence-corrected chi connectivity index (χ0v) is 18.4. The first-order valence-electron chi connectivity index (χ1n) is 10.6. The van der Waals surface area contributed by atoms with Gasteiger partial charge in [-0.1, -0.05) is 25.5 Å². The first-order valence-corrected chi connectivity index (χ1v) is 10.6. The molecule has 6 nitrogen and oxygen atoms in total. The number of nitrogens with zero attached hydrogens (tertiary/aromatic N) is 1. The Balaban J connectivity index is 1.80. The number of hydrogen-bond acceptors (Lipinski definition) is 4. The van der Waals surface area contributed by atoms with Crippen LogP contribution in [-0.4, -0.2) is 28.6 Å². The van der Waals surface area contributed by atoms with Crippen molar-refractivity contribution in [1.29, 1.82) is 0 Å². The summed E-state index contributed by atoms with van der Waals surface area (Å²) in [5, 5.41) is 11.7. The number of carbonyl (C=O) groups excluding carboxylic acids is 1. The summed E-state index contributed by atoms with van der Waals surface area (Å²) < 4.78 is 44.1. The van der Waals surface area contributed by atoms with Gasteiger partial charge in [-0.3, -0.25) is 4.79 Å². The number of hydrogen-bond donors (Lipinski definition) is 2. The Morgan fingerprint density at radius 3 is 2.32 bits per heavy atom. The molecule has 0 unspecified atom stereocenters. The van der Waals surface area contributed by atoms with Crippen LogP contribution < -0.4 is 10.1 Å². The Morgan fingerprint density at radius 2 is 1.74 bits per heavy atom. The van der Waals surface area contributed by atoms with Crippen molar-refractivity contribution in [2.24, 2.45) is 0 Å². The van der Waals surface area contributed by atoms with Crippen molar-refractivity contribution < 1.29 is 32.6 Å². The summed E-state index contributed by atoms with van der Waals surface area (Å²) in [6.07, 6.45) is -1.24. The van der Waals surface area contributed by atoms with E-state index in [1.165, 1.54) is 12.3 Å². The van der Waals surface area contributed by atoms with Crippen LogP contribution >= 0.6 is 0 Å². The van der Waals surface area contributed by atoms with Crippen LogP contribution in [0, 0.1) is 0 Å². The van der Waals surface area contributed by atoms with Gasteiger partial charge in [-0.2, -0.15) is 13.2 Å². The minimum Gasteiger partial charge on any atom is -0.493 e.